The van der Waals surface area contributed by atoms with Crippen LogP contribution in [-0.4, -0.2) is 50.7 Å². The first kappa shape index (κ1) is 20.7. The number of halogens is 3. The third-order valence-corrected chi connectivity index (χ3v) is 6.13. The summed E-state index contributed by atoms with van der Waals surface area (Å²) < 4.78 is 38.5. The van der Waals surface area contributed by atoms with Crippen LogP contribution in [0.1, 0.15) is 29.3 Å². The van der Waals surface area contributed by atoms with E-state index in [1.807, 2.05) is 18.5 Å². The number of anilines is 1. The van der Waals surface area contributed by atoms with Crippen LogP contribution in [0.15, 0.2) is 42.9 Å². The highest BCUT2D eigenvalue weighted by molar-refractivity contribution is 5.77. The second-order valence-corrected chi connectivity index (χ2v) is 8.28. The molecule has 0 saturated carbocycles. The van der Waals surface area contributed by atoms with Gasteiger partial charge in [0.05, 0.1) is 23.1 Å². The van der Waals surface area contributed by atoms with E-state index < -0.39 is 11.7 Å². The van der Waals surface area contributed by atoms with Crippen molar-refractivity contribution in [1.29, 1.82) is 0 Å². The van der Waals surface area contributed by atoms with E-state index in [-0.39, 0.29) is 6.04 Å². The van der Waals surface area contributed by atoms with Gasteiger partial charge in [-0.2, -0.15) is 18.3 Å². The molecule has 6 nitrogen and oxygen atoms in total. The van der Waals surface area contributed by atoms with Crippen molar-refractivity contribution in [3.8, 4) is 11.3 Å². The van der Waals surface area contributed by atoms with E-state index in [1.165, 1.54) is 6.07 Å². The number of piperazine rings is 1. The third-order valence-electron chi connectivity index (χ3n) is 6.13. The van der Waals surface area contributed by atoms with Crippen molar-refractivity contribution < 1.29 is 13.2 Å². The predicted molar refractivity (Wildman–Crippen MR) is 116 cm³/mol. The lowest BCUT2D eigenvalue weighted by atomic mass is 10.0. The Morgan fingerprint density at radius 1 is 1.12 bits per heavy atom. The summed E-state index contributed by atoms with van der Waals surface area (Å²) in [6.45, 7) is 5.07. The molecule has 9 heteroatoms. The molecule has 4 heterocycles. The number of hydrogen-bond acceptors (Lipinski definition) is 5. The number of fused-ring (bicyclic) bond motifs is 1. The van der Waals surface area contributed by atoms with Gasteiger partial charge in [-0.15, -0.1) is 0 Å². The van der Waals surface area contributed by atoms with Crippen molar-refractivity contribution in [3.05, 3.63) is 65.2 Å². The van der Waals surface area contributed by atoms with E-state index in [1.54, 1.807) is 0 Å². The highest BCUT2D eigenvalue weighted by Gasteiger charge is 2.32. The Morgan fingerprint density at radius 3 is 2.75 bits per heavy atom. The lowest BCUT2D eigenvalue weighted by molar-refractivity contribution is -0.137. The van der Waals surface area contributed by atoms with Crippen LogP contribution in [0.25, 0.3) is 17.3 Å². The molecule has 166 valence electrons. The number of allylic oxidation sites excluding steroid dienone is 1. The molecule has 1 saturated heterocycles. The molecule has 1 N–H and O–H groups in total. The van der Waals surface area contributed by atoms with Gasteiger partial charge in [-0.3, -0.25) is 15.0 Å². The monoisotopic (exact) mass is 440 g/mol. The zero-order valence-corrected chi connectivity index (χ0v) is 17.6. The van der Waals surface area contributed by atoms with E-state index in [0.717, 1.165) is 66.4 Å². The van der Waals surface area contributed by atoms with Gasteiger partial charge in [0.15, 0.2) is 0 Å². The van der Waals surface area contributed by atoms with Gasteiger partial charge < -0.3 is 4.90 Å². The van der Waals surface area contributed by atoms with Gasteiger partial charge in [0.25, 0.3) is 0 Å². The largest absolute Gasteiger partial charge is 0.417 e. The van der Waals surface area contributed by atoms with Crippen molar-refractivity contribution in [2.24, 2.45) is 0 Å². The van der Waals surface area contributed by atoms with Crippen molar-refractivity contribution in [1.82, 2.24) is 25.1 Å². The van der Waals surface area contributed by atoms with E-state index in [2.05, 4.69) is 49.0 Å². The summed E-state index contributed by atoms with van der Waals surface area (Å²) in [5.74, 6) is 0.577. The van der Waals surface area contributed by atoms with E-state index in [9.17, 15) is 13.2 Å². The normalized spacial score (nSPS) is 18.9. The molecule has 0 amide bonds. The predicted octanol–water partition coefficient (Wildman–Crippen LogP) is 4.17. The Bertz CT molecular complexity index is 1140. The Morgan fingerprint density at radius 2 is 2.00 bits per heavy atom. The van der Waals surface area contributed by atoms with Gasteiger partial charge in [-0.05, 0) is 25.1 Å². The highest BCUT2D eigenvalue weighted by Crippen LogP contribution is 2.32. The fraction of sp³-hybridized carbons (Fsp3) is 0.348. The summed E-state index contributed by atoms with van der Waals surface area (Å²) in [4.78, 5) is 12.9. The number of nitrogens with zero attached hydrogens (tertiary/aromatic N) is 5. The molecule has 1 fully saturated rings. The zero-order valence-electron chi connectivity index (χ0n) is 17.6. The maximum atomic E-state index is 12.8. The molecule has 1 aliphatic carbocycles. The summed E-state index contributed by atoms with van der Waals surface area (Å²) in [5, 5.41) is 7.44. The molecular weight excluding hydrogens is 417 g/mol. The minimum absolute atomic E-state index is 0.122. The van der Waals surface area contributed by atoms with Crippen molar-refractivity contribution in [2.45, 2.75) is 32.1 Å². The Hall–Kier alpha value is -3.20. The quantitative estimate of drug-likeness (QED) is 0.660. The second-order valence-electron chi connectivity index (χ2n) is 8.28. The second kappa shape index (κ2) is 8.05. The third kappa shape index (κ3) is 3.88. The first-order valence-electron chi connectivity index (χ1n) is 10.6. The van der Waals surface area contributed by atoms with Crippen LogP contribution in [0.5, 0.6) is 0 Å². The van der Waals surface area contributed by atoms with Gasteiger partial charge in [0.1, 0.15) is 5.82 Å². The molecule has 0 radical (unpaired) electrons. The molecule has 3 aromatic heterocycles. The molecule has 32 heavy (non-hydrogen) atoms. The number of aromatic amines is 1. The average Bonchev–Trinajstić information content (AvgIpc) is 3.42. The number of alkyl halides is 3. The molecule has 1 aliphatic heterocycles. The van der Waals surface area contributed by atoms with Gasteiger partial charge in [0, 0.05) is 67.7 Å². The maximum Gasteiger partial charge on any atom is 0.417 e. The SMILES string of the molecule is C[C@@H]1CN(Cc2cn[nH]c2-c2ccnc3c2C=CC3)CCN1c1ccc(C(F)(F)F)cn1. The summed E-state index contributed by atoms with van der Waals surface area (Å²) in [6.07, 6.45) is 5.33. The van der Waals surface area contributed by atoms with Crippen molar-refractivity contribution >= 4 is 11.9 Å². The topological polar surface area (TPSA) is 60.9 Å². The molecule has 0 spiro atoms. The average molecular weight is 440 g/mol. The number of pyridine rings is 2. The number of rotatable bonds is 4. The zero-order chi connectivity index (χ0) is 22.3. The van der Waals surface area contributed by atoms with Crippen LogP contribution in [0, 0.1) is 0 Å². The van der Waals surface area contributed by atoms with E-state index >= 15 is 0 Å². The fourth-order valence-electron chi connectivity index (χ4n) is 4.52. The lowest BCUT2D eigenvalue weighted by Crippen LogP contribution is -2.51. The number of hydrogen-bond donors (Lipinski definition) is 1. The van der Waals surface area contributed by atoms with Crippen LogP contribution in [0.3, 0.4) is 0 Å². The lowest BCUT2D eigenvalue weighted by Gasteiger charge is -2.40. The van der Waals surface area contributed by atoms with Gasteiger partial charge in [-0.1, -0.05) is 12.2 Å². The summed E-state index contributed by atoms with van der Waals surface area (Å²) in [5.41, 5.74) is 4.73. The van der Waals surface area contributed by atoms with Gasteiger partial charge >= 0.3 is 6.18 Å². The first-order chi connectivity index (χ1) is 15.4. The molecule has 1 atom stereocenters. The minimum atomic E-state index is -4.37. The van der Waals surface area contributed by atoms with Gasteiger partial charge in [0.2, 0.25) is 0 Å². The Kier molecular flexibility index (Phi) is 5.21. The molecule has 0 unspecified atom stereocenters. The molecule has 0 bridgehead atoms. The summed E-state index contributed by atoms with van der Waals surface area (Å²) in [6, 6.07) is 4.69. The van der Waals surface area contributed by atoms with Crippen LogP contribution >= 0.6 is 0 Å². The van der Waals surface area contributed by atoms with E-state index in [4.69, 9.17) is 0 Å². The van der Waals surface area contributed by atoms with Crippen LogP contribution in [-0.2, 0) is 19.1 Å². The van der Waals surface area contributed by atoms with Crippen LogP contribution in [0.2, 0.25) is 0 Å². The smallest absolute Gasteiger partial charge is 0.351 e. The van der Waals surface area contributed by atoms with Gasteiger partial charge in [-0.25, -0.2) is 4.98 Å². The highest BCUT2D eigenvalue weighted by atomic mass is 19.4. The fourth-order valence-corrected chi connectivity index (χ4v) is 4.52. The van der Waals surface area contributed by atoms with Crippen molar-refractivity contribution in [2.75, 3.05) is 24.5 Å². The maximum absolute atomic E-state index is 12.8. The number of H-pyrrole nitrogens is 1. The minimum Gasteiger partial charge on any atom is -0.351 e. The molecular formula is C23H23F3N6. The molecule has 3 aromatic rings. The molecule has 5 rings (SSSR count). The number of aromatic nitrogens is 4. The summed E-state index contributed by atoms with van der Waals surface area (Å²) >= 11 is 0. The summed E-state index contributed by atoms with van der Waals surface area (Å²) in [7, 11) is 0. The Labute approximate surface area is 183 Å². The van der Waals surface area contributed by atoms with Crippen molar-refractivity contribution in [3.63, 3.8) is 0 Å². The standard InChI is InChI=1S/C23H23F3N6/c1-15-13-31(9-10-32(15)21-6-5-17(12-28-21)23(24,25)26)14-16-11-29-30-22(16)19-7-8-27-20-4-2-3-18(19)20/h2-3,5-8,11-12,15H,4,9-10,13-14H2,1H3,(H,29,30)/t15-/m1/s1. The van der Waals surface area contributed by atoms with Crippen LogP contribution in [0.4, 0.5) is 19.0 Å². The first-order valence-corrected chi connectivity index (χ1v) is 10.6. The van der Waals surface area contributed by atoms with E-state index in [0.29, 0.717) is 12.4 Å². The Balaban J connectivity index is 1.29. The van der Waals surface area contributed by atoms with Crippen LogP contribution < -0.4 is 4.90 Å². The molecule has 0 aromatic carbocycles. The molecule has 2 aliphatic rings. The number of nitrogens with one attached hydrogen (secondary N) is 1.